The first-order chi connectivity index (χ1) is 9.45. The maximum atomic E-state index is 6.38. The molecule has 2 bridgehead atoms. The lowest BCUT2D eigenvalue weighted by atomic mass is 9.74. The highest BCUT2D eigenvalue weighted by atomic mass is 16.5. The van der Waals surface area contributed by atoms with E-state index in [9.17, 15) is 0 Å². The summed E-state index contributed by atoms with van der Waals surface area (Å²) in [6.45, 7) is 10.2. The van der Waals surface area contributed by atoms with Crippen LogP contribution < -0.4 is 0 Å². The van der Waals surface area contributed by atoms with E-state index in [0.29, 0.717) is 16.9 Å². The minimum atomic E-state index is 0.424. The Labute approximate surface area is 123 Å². The van der Waals surface area contributed by atoms with Gasteiger partial charge in [0.25, 0.3) is 0 Å². The standard InChI is InChI=1S/C19H28O/c1-14(2)19-10-9-18(4,13-19)17(11-19)20-12-16-8-6-5-7-15(16)3/h5-8,14,17H,9-13H2,1-4H3/t17-,18+,19-/m1/s1. The van der Waals surface area contributed by atoms with Crippen molar-refractivity contribution in [2.45, 2.75) is 66.1 Å². The average Bonchev–Trinajstić information content (AvgIpc) is 2.90. The summed E-state index contributed by atoms with van der Waals surface area (Å²) in [6.07, 6.45) is 5.86. The zero-order chi connectivity index (χ0) is 14.4. The van der Waals surface area contributed by atoms with Crippen LogP contribution in [0.1, 0.15) is 57.6 Å². The first kappa shape index (κ1) is 14.1. The van der Waals surface area contributed by atoms with Crippen LogP contribution >= 0.6 is 0 Å². The van der Waals surface area contributed by atoms with Gasteiger partial charge in [0.2, 0.25) is 0 Å². The number of hydrogen-bond donors (Lipinski definition) is 0. The van der Waals surface area contributed by atoms with Gasteiger partial charge in [0, 0.05) is 0 Å². The molecular weight excluding hydrogens is 244 g/mol. The van der Waals surface area contributed by atoms with Crippen molar-refractivity contribution in [3.05, 3.63) is 35.4 Å². The van der Waals surface area contributed by atoms with Gasteiger partial charge in [0.15, 0.2) is 0 Å². The third-order valence-electron chi connectivity index (χ3n) is 6.25. The van der Waals surface area contributed by atoms with E-state index in [1.54, 1.807) is 0 Å². The lowest BCUT2D eigenvalue weighted by molar-refractivity contribution is -0.0413. The number of hydrogen-bond acceptors (Lipinski definition) is 1. The van der Waals surface area contributed by atoms with E-state index in [-0.39, 0.29) is 0 Å². The van der Waals surface area contributed by atoms with E-state index in [2.05, 4.69) is 52.0 Å². The van der Waals surface area contributed by atoms with E-state index in [0.717, 1.165) is 12.5 Å². The predicted octanol–water partition coefficient (Wildman–Crippen LogP) is 5.12. The topological polar surface area (TPSA) is 9.23 Å². The molecule has 0 heterocycles. The molecule has 20 heavy (non-hydrogen) atoms. The van der Waals surface area contributed by atoms with Gasteiger partial charge in [0.1, 0.15) is 0 Å². The summed E-state index contributed by atoms with van der Waals surface area (Å²) >= 11 is 0. The minimum absolute atomic E-state index is 0.424. The Morgan fingerprint density at radius 2 is 2.00 bits per heavy atom. The first-order valence-electron chi connectivity index (χ1n) is 8.11. The zero-order valence-electron chi connectivity index (χ0n) is 13.4. The van der Waals surface area contributed by atoms with Gasteiger partial charge in [-0.15, -0.1) is 0 Å². The second-order valence-corrected chi connectivity index (χ2v) is 7.78. The fraction of sp³-hybridized carbons (Fsp3) is 0.684. The number of rotatable bonds is 4. The second kappa shape index (κ2) is 4.87. The summed E-state index contributed by atoms with van der Waals surface area (Å²) < 4.78 is 6.38. The maximum Gasteiger partial charge on any atom is 0.0723 e. The molecule has 0 aliphatic heterocycles. The molecule has 0 aromatic heterocycles. The molecule has 0 N–H and O–H groups in total. The smallest absolute Gasteiger partial charge is 0.0723 e. The monoisotopic (exact) mass is 272 g/mol. The molecule has 0 radical (unpaired) electrons. The summed E-state index contributed by atoms with van der Waals surface area (Å²) in [5.74, 6) is 0.788. The van der Waals surface area contributed by atoms with Crippen molar-refractivity contribution in [3.8, 4) is 0 Å². The molecule has 1 aromatic rings. The summed E-state index contributed by atoms with van der Waals surface area (Å²) in [5, 5.41) is 0. The molecule has 2 fully saturated rings. The van der Waals surface area contributed by atoms with Crippen molar-refractivity contribution in [2.75, 3.05) is 0 Å². The van der Waals surface area contributed by atoms with E-state index in [4.69, 9.17) is 4.74 Å². The zero-order valence-corrected chi connectivity index (χ0v) is 13.4. The van der Waals surface area contributed by atoms with Crippen LogP contribution in [0, 0.1) is 23.7 Å². The molecule has 2 aliphatic rings. The highest BCUT2D eigenvalue weighted by molar-refractivity contribution is 5.24. The second-order valence-electron chi connectivity index (χ2n) is 7.78. The van der Waals surface area contributed by atoms with Gasteiger partial charge in [0.05, 0.1) is 12.7 Å². The lowest BCUT2D eigenvalue weighted by Gasteiger charge is -2.35. The molecule has 3 atom stereocenters. The van der Waals surface area contributed by atoms with Gasteiger partial charge in [-0.05, 0) is 60.5 Å². The van der Waals surface area contributed by atoms with Gasteiger partial charge in [-0.2, -0.15) is 0 Å². The van der Waals surface area contributed by atoms with Crippen molar-refractivity contribution in [1.82, 2.24) is 0 Å². The van der Waals surface area contributed by atoms with Crippen LogP contribution in [0.15, 0.2) is 24.3 Å². The minimum Gasteiger partial charge on any atom is -0.373 e. The number of fused-ring (bicyclic) bond motifs is 2. The van der Waals surface area contributed by atoms with Crippen molar-refractivity contribution in [1.29, 1.82) is 0 Å². The quantitative estimate of drug-likeness (QED) is 0.739. The maximum absolute atomic E-state index is 6.38. The van der Waals surface area contributed by atoms with Crippen LogP contribution in [0.2, 0.25) is 0 Å². The van der Waals surface area contributed by atoms with Crippen LogP contribution in [0.4, 0.5) is 0 Å². The van der Waals surface area contributed by atoms with Crippen LogP contribution in [-0.2, 0) is 11.3 Å². The summed E-state index contributed by atoms with van der Waals surface area (Å²) in [5.41, 5.74) is 3.68. The fourth-order valence-electron chi connectivity index (χ4n) is 4.53. The van der Waals surface area contributed by atoms with Gasteiger partial charge < -0.3 is 4.74 Å². The van der Waals surface area contributed by atoms with Crippen molar-refractivity contribution in [2.24, 2.45) is 16.7 Å². The molecule has 3 rings (SSSR count). The Morgan fingerprint density at radius 3 is 2.65 bits per heavy atom. The van der Waals surface area contributed by atoms with Crippen LogP contribution in [0.25, 0.3) is 0 Å². The Balaban J connectivity index is 1.69. The number of ether oxygens (including phenoxy) is 1. The van der Waals surface area contributed by atoms with Crippen LogP contribution in [-0.4, -0.2) is 6.10 Å². The first-order valence-corrected chi connectivity index (χ1v) is 8.11. The molecule has 0 saturated heterocycles. The summed E-state index contributed by atoms with van der Waals surface area (Å²) in [6, 6.07) is 8.59. The molecule has 1 aromatic carbocycles. The third kappa shape index (κ3) is 2.20. The molecule has 1 heteroatoms. The highest BCUT2D eigenvalue weighted by Gasteiger charge is 2.58. The normalized spacial score (nSPS) is 36.0. The number of aryl methyl sites for hydroxylation is 1. The Hall–Kier alpha value is -0.820. The lowest BCUT2D eigenvalue weighted by Crippen LogP contribution is -2.32. The predicted molar refractivity (Wildman–Crippen MR) is 83.6 cm³/mol. The van der Waals surface area contributed by atoms with E-state index < -0.39 is 0 Å². The summed E-state index contributed by atoms with van der Waals surface area (Å²) in [7, 11) is 0. The molecule has 0 amide bonds. The molecule has 0 unspecified atom stereocenters. The molecular formula is C19H28O. The van der Waals surface area contributed by atoms with Gasteiger partial charge in [-0.3, -0.25) is 0 Å². The van der Waals surface area contributed by atoms with E-state index >= 15 is 0 Å². The van der Waals surface area contributed by atoms with Gasteiger partial charge in [-0.1, -0.05) is 45.0 Å². The van der Waals surface area contributed by atoms with Crippen molar-refractivity contribution >= 4 is 0 Å². The van der Waals surface area contributed by atoms with Crippen LogP contribution in [0.3, 0.4) is 0 Å². The molecule has 2 saturated carbocycles. The largest absolute Gasteiger partial charge is 0.373 e. The summed E-state index contributed by atoms with van der Waals surface area (Å²) in [4.78, 5) is 0. The number of benzene rings is 1. The molecule has 0 spiro atoms. The van der Waals surface area contributed by atoms with Crippen molar-refractivity contribution in [3.63, 3.8) is 0 Å². The average molecular weight is 272 g/mol. The molecule has 1 nitrogen and oxygen atoms in total. The molecule has 110 valence electrons. The van der Waals surface area contributed by atoms with Crippen LogP contribution in [0.5, 0.6) is 0 Å². The van der Waals surface area contributed by atoms with E-state index in [1.165, 1.54) is 36.8 Å². The Bertz CT molecular complexity index is 492. The van der Waals surface area contributed by atoms with Crippen molar-refractivity contribution < 1.29 is 4.74 Å². The van der Waals surface area contributed by atoms with Gasteiger partial charge in [-0.25, -0.2) is 0 Å². The highest BCUT2D eigenvalue weighted by Crippen LogP contribution is 2.65. The Kier molecular flexibility index (Phi) is 3.44. The van der Waals surface area contributed by atoms with Gasteiger partial charge >= 0.3 is 0 Å². The third-order valence-corrected chi connectivity index (χ3v) is 6.25. The molecule has 2 aliphatic carbocycles. The Morgan fingerprint density at radius 1 is 1.25 bits per heavy atom. The van der Waals surface area contributed by atoms with E-state index in [1.807, 2.05) is 0 Å². The SMILES string of the molecule is Cc1ccccc1CO[C@@H]1C[C@]2(C(C)C)CC[C@@]1(C)C2. The fourth-order valence-corrected chi connectivity index (χ4v) is 4.53.